The Labute approximate surface area is 74.2 Å². The van der Waals surface area contributed by atoms with Crippen molar-refractivity contribution >= 4 is 7.60 Å². The first-order valence-corrected chi connectivity index (χ1v) is 5.32. The molecule has 8 heteroatoms. The molecule has 0 aromatic carbocycles. The molecule has 0 aliphatic rings. The summed E-state index contributed by atoms with van der Waals surface area (Å²) in [5.74, 6) is 0. The van der Waals surface area contributed by atoms with Crippen LogP contribution in [-0.4, -0.2) is 41.9 Å². The second-order valence-corrected chi connectivity index (χ2v) is 4.31. The molecule has 0 unspecified atom stereocenters. The Bertz CT molecular complexity index is 295. The van der Waals surface area contributed by atoms with E-state index in [1.807, 2.05) is 0 Å². The molecule has 0 aliphatic carbocycles. The van der Waals surface area contributed by atoms with Gasteiger partial charge in [0.15, 0.2) is 0 Å². The minimum Gasteiger partial charge on any atom is -0.391 e. The van der Waals surface area contributed by atoms with E-state index in [0.29, 0.717) is 0 Å². The summed E-state index contributed by atoms with van der Waals surface area (Å²) in [5, 5.41) is 12.9. The smallest absolute Gasteiger partial charge is 0.328 e. The third kappa shape index (κ3) is 4.14. The Kier molecular flexibility index (Phi) is 3.16. The molecule has 1 aromatic heterocycles. The fourth-order valence-corrected chi connectivity index (χ4v) is 1.54. The lowest BCUT2D eigenvalue weighted by molar-refractivity contribution is 0.163. The number of rotatable bonds is 4. The molecule has 7 nitrogen and oxygen atoms in total. The molecule has 13 heavy (non-hydrogen) atoms. The Morgan fingerprint density at radius 2 is 2.23 bits per heavy atom. The van der Waals surface area contributed by atoms with Crippen molar-refractivity contribution in [1.82, 2.24) is 14.8 Å². The zero-order valence-electron chi connectivity index (χ0n) is 6.69. The van der Waals surface area contributed by atoms with Crippen LogP contribution in [0, 0.1) is 0 Å². The largest absolute Gasteiger partial charge is 0.391 e. The van der Waals surface area contributed by atoms with Crippen LogP contribution >= 0.6 is 7.60 Å². The summed E-state index contributed by atoms with van der Waals surface area (Å²) >= 11 is 0. The average Bonchev–Trinajstić information content (AvgIpc) is 2.34. The molecule has 0 fully saturated rings. The summed E-state index contributed by atoms with van der Waals surface area (Å²) in [6.07, 6.45) is 0.975. The van der Waals surface area contributed by atoms with Crippen molar-refractivity contribution in [3.05, 3.63) is 12.7 Å². The van der Waals surface area contributed by atoms with Gasteiger partial charge in [-0.05, 0) is 0 Å². The van der Waals surface area contributed by atoms with E-state index < -0.39 is 19.9 Å². The van der Waals surface area contributed by atoms with Gasteiger partial charge in [0.2, 0.25) is 0 Å². The van der Waals surface area contributed by atoms with E-state index in [0.717, 1.165) is 0 Å². The van der Waals surface area contributed by atoms with Gasteiger partial charge in [0.05, 0.1) is 18.8 Å². The molecule has 0 bridgehead atoms. The van der Waals surface area contributed by atoms with Gasteiger partial charge >= 0.3 is 7.60 Å². The molecule has 3 N–H and O–H groups in total. The summed E-state index contributed by atoms with van der Waals surface area (Å²) in [4.78, 5) is 20.7. The molecule has 0 spiro atoms. The van der Waals surface area contributed by atoms with Crippen molar-refractivity contribution in [1.29, 1.82) is 0 Å². The van der Waals surface area contributed by atoms with E-state index >= 15 is 0 Å². The van der Waals surface area contributed by atoms with Crippen molar-refractivity contribution in [3.8, 4) is 0 Å². The minimum atomic E-state index is -4.15. The highest BCUT2D eigenvalue weighted by Gasteiger charge is 2.19. The Hall–Kier alpha value is -0.750. The Balaban J connectivity index is 2.43. The lowest BCUT2D eigenvalue weighted by atomic mass is 10.4. The fourth-order valence-electron chi connectivity index (χ4n) is 0.875. The van der Waals surface area contributed by atoms with Gasteiger partial charge in [-0.1, -0.05) is 0 Å². The van der Waals surface area contributed by atoms with Crippen molar-refractivity contribution in [2.75, 3.05) is 6.16 Å². The SMILES string of the molecule is O=P(O)(O)C[C@@H](O)Cn1cncn1. The number of hydrogen-bond donors (Lipinski definition) is 3. The van der Waals surface area contributed by atoms with Gasteiger partial charge in [0.25, 0.3) is 0 Å². The number of nitrogens with zero attached hydrogens (tertiary/aromatic N) is 3. The summed E-state index contributed by atoms with van der Waals surface area (Å²) in [5.41, 5.74) is 0. The van der Waals surface area contributed by atoms with Crippen LogP contribution in [-0.2, 0) is 11.1 Å². The predicted molar refractivity (Wildman–Crippen MR) is 42.9 cm³/mol. The van der Waals surface area contributed by atoms with E-state index in [2.05, 4.69) is 10.1 Å². The van der Waals surface area contributed by atoms with Gasteiger partial charge in [-0.15, -0.1) is 0 Å². The van der Waals surface area contributed by atoms with E-state index in [1.54, 1.807) is 0 Å². The number of aliphatic hydroxyl groups excluding tert-OH is 1. The molecule has 1 aromatic rings. The molecule has 1 atom stereocenters. The van der Waals surface area contributed by atoms with Crippen LogP contribution in [0.2, 0.25) is 0 Å². The summed E-state index contributed by atoms with van der Waals surface area (Å²) in [6.45, 7) is 0.0328. The van der Waals surface area contributed by atoms with Crippen LogP contribution in [0.15, 0.2) is 12.7 Å². The Morgan fingerprint density at radius 1 is 1.54 bits per heavy atom. The molecule has 0 aliphatic heterocycles. The molecule has 0 amide bonds. The number of aromatic nitrogens is 3. The standard InChI is InChI=1S/C5H10N3O4P/c9-5(2-13(10,11)12)1-8-4-6-3-7-8/h3-5,9H,1-2H2,(H2,10,11,12)/t5-/m0/s1. The van der Waals surface area contributed by atoms with Crippen LogP contribution in [0.4, 0.5) is 0 Å². The van der Waals surface area contributed by atoms with Crippen molar-refractivity contribution in [2.24, 2.45) is 0 Å². The molecular formula is C5H10N3O4P. The van der Waals surface area contributed by atoms with Crippen LogP contribution in [0.25, 0.3) is 0 Å². The zero-order chi connectivity index (χ0) is 9.90. The molecular weight excluding hydrogens is 197 g/mol. The van der Waals surface area contributed by atoms with E-state index in [-0.39, 0.29) is 6.54 Å². The summed E-state index contributed by atoms with van der Waals surface area (Å²) < 4.78 is 11.8. The Morgan fingerprint density at radius 3 is 2.69 bits per heavy atom. The van der Waals surface area contributed by atoms with E-state index in [9.17, 15) is 9.67 Å². The molecule has 1 heterocycles. The van der Waals surface area contributed by atoms with Crippen molar-refractivity contribution in [2.45, 2.75) is 12.6 Å². The third-order valence-corrected chi connectivity index (χ3v) is 2.21. The maximum atomic E-state index is 10.5. The quantitative estimate of drug-likeness (QED) is 0.536. The fraction of sp³-hybridized carbons (Fsp3) is 0.600. The maximum absolute atomic E-state index is 10.5. The predicted octanol–water partition coefficient (Wildman–Crippen LogP) is -1.18. The maximum Gasteiger partial charge on any atom is 0.328 e. The van der Waals surface area contributed by atoms with Crippen molar-refractivity contribution < 1.29 is 19.5 Å². The monoisotopic (exact) mass is 207 g/mol. The molecule has 0 saturated heterocycles. The number of hydrogen-bond acceptors (Lipinski definition) is 4. The highest BCUT2D eigenvalue weighted by atomic mass is 31.2. The zero-order valence-corrected chi connectivity index (χ0v) is 7.58. The lowest BCUT2D eigenvalue weighted by Crippen LogP contribution is -2.20. The molecule has 74 valence electrons. The van der Waals surface area contributed by atoms with Crippen molar-refractivity contribution in [3.63, 3.8) is 0 Å². The van der Waals surface area contributed by atoms with Gasteiger partial charge in [0, 0.05) is 0 Å². The highest BCUT2D eigenvalue weighted by molar-refractivity contribution is 7.51. The number of aliphatic hydroxyl groups is 1. The van der Waals surface area contributed by atoms with E-state index in [1.165, 1.54) is 17.3 Å². The first-order valence-electron chi connectivity index (χ1n) is 3.52. The van der Waals surface area contributed by atoms with Crippen LogP contribution in [0.3, 0.4) is 0 Å². The first-order chi connectivity index (χ1) is 5.97. The van der Waals surface area contributed by atoms with Gasteiger partial charge in [-0.25, -0.2) is 4.98 Å². The topological polar surface area (TPSA) is 108 Å². The highest BCUT2D eigenvalue weighted by Crippen LogP contribution is 2.34. The molecule has 0 saturated carbocycles. The second kappa shape index (κ2) is 3.97. The van der Waals surface area contributed by atoms with Crippen LogP contribution in [0.1, 0.15) is 0 Å². The minimum absolute atomic E-state index is 0.0328. The van der Waals surface area contributed by atoms with E-state index in [4.69, 9.17) is 9.79 Å². The lowest BCUT2D eigenvalue weighted by Gasteiger charge is -2.10. The molecule has 1 rings (SSSR count). The average molecular weight is 207 g/mol. The van der Waals surface area contributed by atoms with Gasteiger partial charge in [-0.2, -0.15) is 5.10 Å². The van der Waals surface area contributed by atoms with Crippen LogP contribution < -0.4 is 0 Å². The van der Waals surface area contributed by atoms with Crippen LogP contribution in [0.5, 0.6) is 0 Å². The van der Waals surface area contributed by atoms with Gasteiger partial charge in [0.1, 0.15) is 12.7 Å². The summed E-state index contributed by atoms with van der Waals surface area (Å²) in [7, 11) is -4.15. The summed E-state index contributed by atoms with van der Waals surface area (Å²) in [6, 6.07) is 0. The second-order valence-electron chi connectivity index (χ2n) is 2.62. The first kappa shape index (κ1) is 10.3. The van der Waals surface area contributed by atoms with Gasteiger partial charge < -0.3 is 14.9 Å². The third-order valence-electron chi connectivity index (χ3n) is 1.31. The normalized spacial score (nSPS) is 14.4. The molecule has 0 radical (unpaired) electrons. The van der Waals surface area contributed by atoms with Gasteiger partial charge in [-0.3, -0.25) is 9.25 Å².